The number of thioether (sulfide) groups is 1. The summed E-state index contributed by atoms with van der Waals surface area (Å²) in [6.07, 6.45) is 1.77. The summed E-state index contributed by atoms with van der Waals surface area (Å²) in [6.45, 7) is 8.26. The van der Waals surface area contributed by atoms with Crippen LogP contribution in [0.3, 0.4) is 0 Å². The van der Waals surface area contributed by atoms with E-state index in [1.54, 1.807) is 18.2 Å². The summed E-state index contributed by atoms with van der Waals surface area (Å²) in [5.41, 5.74) is 7.01. The number of rotatable bonds is 5. The van der Waals surface area contributed by atoms with E-state index in [2.05, 4.69) is 30.5 Å². The lowest BCUT2D eigenvalue weighted by molar-refractivity contribution is -0.384. The normalized spacial score (nSPS) is 15.0. The molecule has 2 aromatic carbocycles. The second-order valence-corrected chi connectivity index (χ2v) is 9.07. The Labute approximate surface area is 195 Å². The van der Waals surface area contributed by atoms with Gasteiger partial charge >= 0.3 is 0 Å². The van der Waals surface area contributed by atoms with Crippen molar-refractivity contribution in [2.24, 2.45) is 0 Å². The van der Waals surface area contributed by atoms with E-state index in [-0.39, 0.29) is 23.4 Å². The van der Waals surface area contributed by atoms with Gasteiger partial charge in [-0.1, -0.05) is 24.3 Å². The van der Waals surface area contributed by atoms with Crippen LogP contribution in [0, 0.1) is 37.8 Å². The molecule has 4 rings (SSSR count). The minimum absolute atomic E-state index is 0.0352. The molecule has 1 aliphatic heterocycles. The molecular weight excluding hydrogens is 438 g/mol. The monoisotopic (exact) mass is 461 g/mol. The average molecular weight is 462 g/mol. The number of nitrogens with zero attached hydrogens (tertiary/aromatic N) is 3. The van der Waals surface area contributed by atoms with Gasteiger partial charge in [-0.05, 0) is 79.9 Å². The van der Waals surface area contributed by atoms with Crippen LogP contribution in [0.1, 0.15) is 33.6 Å². The molecule has 1 saturated heterocycles. The minimum atomic E-state index is -0.485. The van der Waals surface area contributed by atoms with Crippen LogP contribution in [0.15, 0.2) is 53.4 Å². The summed E-state index contributed by atoms with van der Waals surface area (Å²) >= 11 is 0.910. The Hall–Kier alpha value is -3.65. The number of nitro groups is 1. The Morgan fingerprint density at radius 1 is 1.03 bits per heavy atom. The van der Waals surface area contributed by atoms with Gasteiger partial charge in [0.25, 0.3) is 16.8 Å². The van der Waals surface area contributed by atoms with Crippen LogP contribution >= 0.6 is 11.8 Å². The van der Waals surface area contributed by atoms with Gasteiger partial charge in [-0.15, -0.1) is 0 Å². The lowest BCUT2D eigenvalue weighted by Gasteiger charge is -2.14. The lowest BCUT2D eigenvalue weighted by Crippen LogP contribution is -2.27. The topological polar surface area (TPSA) is 85.4 Å². The third kappa shape index (κ3) is 4.21. The predicted octanol–water partition coefficient (Wildman–Crippen LogP) is 5.86. The summed E-state index contributed by atoms with van der Waals surface area (Å²) in [7, 11) is 0. The van der Waals surface area contributed by atoms with Gasteiger partial charge in [0.2, 0.25) is 0 Å². The van der Waals surface area contributed by atoms with Crippen LogP contribution in [0.25, 0.3) is 11.8 Å². The molecule has 0 bridgehead atoms. The third-order valence-corrected chi connectivity index (χ3v) is 6.84. The zero-order valence-corrected chi connectivity index (χ0v) is 19.6. The number of aromatic nitrogens is 1. The van der Waals surface area contributed by atoms with Crippen molar-refractivity contribution >= 4 is 34.7 Å². The first-order valence-corrected chi connectivity index (χ1v) is 11.2. The highest BCUT2D eigenvalue weighted by Crippen LogP contribution is 2.35. The Kier molecular flexibility index (Phi) is 5.95. The Bertz CT molecular complexity index is 1320. The number of nitro benzene ring substituents is 1. The Morgan fingerprint density at radius 3 is 2.39 bits per heavy atom. The fourth-order valence-corrected chi connectivity index (χ4v) is 4.79. The van der Waals surface area contributed by atoms with Crippen LogP contribution in [0.2, 0.25) is 0 Å². The molecule has 0 aliphatic carbocycles. The first-order chi connectivity index (χ1) is 15.7. The van der Waals surface area contributed by atoms with Crippen molar-refractivity contribution in [1.29, 1.82) is 0 Å². The first-order valence-electron chi connectivity index (χ1n) is 10.4. The van der Waals surface area contributed by atoms with Gasteiger partial charge in [0.15, 0.2) is 0 Å². The number of imide groups is 1. The summed E-state index contributed by atoms with van der Waals surface area (Å²) in [5.74, 6) is -0.361. The van der Waals surface area contributed by atoms with Gasteiger partial charge in [-0.2, -0.15) is 0 Å². The average Bonchev–Trinajstić information content (AvgIpc) is 3.20. The van der Waals surface area contributed by atoms with Gasteiger partial charge < -0.3 is 4.57 Å². The van der Waals surface area contributed by atoms with Crippen molar-refractivity contribution in [1.82, 2.24) is 9.47 Å². The van der Waals surface area contributed by atoms with E-state index in [9.17, 15) is 19.7 Å². The van der Waals surface area contributed by atoms with E-state index in [1.807, 2.05) is 26.0 Å². The van der Waals surface area contributed by atoms with E-state index < -0.39 is 4.92 Å². The number of hydrogen-bond acceptors (Lipinski definition) is 5. The fourth-order valence-electron chi connectivity index (χ4n) is 3.97. The quantitative estimate of drug-likeness (QED) is 0.270. The van der Waals surface area contributed by atoms with Gasteiger partial charge in [0.1, 0.15) is 0 Å². The number of carbonyl (C=O) groups is 2. The number of benzene rings is 2. The zero-order valence-electron chi connectivity index (χ0n) is 18.8. The highest BCUT2D eigenvalue weighted by atomic mass is 32.2. The molecule has 7 nitrogen and oxygen atoms in total. The summed E-state index contributed by atoms with van der Waals surface area (Å²) in [6, 6.07) is 14.0. The van der Waals surface area contributed by atoms with Crippen LogP contribution in [0.5, 0.6) is 0 Å². The number of non-ortho nitro benzene ring substituents is 1. The standard InChI is InChI=1S/C25H23N3O4S/c1-15-6-5-7-22(17(15)3)27-16(2)12-20(18(27)4)13-23-24(29)26(25(30)33-23)14-19-8-10-21(11-9-19)28(31)32/h5-13H,14H2,1-4H3/b23-13-. The zero-order chi connectivity index (χ0) is 23.9. The smallest absolute Gasteiger partial charge is 0.293 e. The lowest BCUT2D eigenvalue weighted by atomic mass is 10.1. The molecule has 33 heavy (non-hydrogen) atoms. The van der Waals surface area contributed by atoms with Crippen molar-refractivity contribution in [3.63, 3.8) is 0 Å². The van der Waals surface area contributed by atoms with Crippen LogP contribution in [-0.4, -0.2) is 25.5 Å². The third-order valence-electron chi connectivity index (χ3n) is 5.94. The summed E-state index contributed by atoms with van der Waals surface area (Å²) in [4.78, 5) is 37.4. The second-order valence-electron chi connectivity index (χ2n) is 8.07. The predicted molar refractivity (Wildman–Crippen MR) is 129 cm³/mol. The molecule has 0 saturated carbocycles. The maximum atomic E-state index is 13.0. The van der Waals surface area contributed by atoms with Crippen molar-refractivity contribution in [2.45, 2.75) is 34.2 Å². The molecule has 0 N–H and O–H groups in total. The van der Waals surface area contributed by atoms with Crippen LogP contribution in [0.4, 0.5) is 10.5 Å². The largest absolute Gasteiger partial charge is 0.318 e. The van der Waals surface area contributed by atoms with Gasteiger partial charge in [-0.3, -0.25) is 24.6 Å². The van der Waals surface area contributed by atoms with E-state index in [4.69, 9.17) is 0 Å². The van der Waals surface area contributed by atoms with Crippen molar-refractivity contribution in [3.05, 3.63) is 97.2 Å². The van der Waals surface area contributed by atoms with Gasteiger partial charge in [-0.25, -0.2) is 0 Å². The van der Waals surface area contributed by atoms with E-state index in [0.717, 1.165) is 34.4 Å². The number of aryl methyl sites for hydroxylation is 2. The second kappa shape index (κ2) is 8.71. The molecule has 0 radical (unpaired) electrons. The summed E-state index contributed by atoms with van der Waals surface area (Å²) < 4.78 is 2.16. The molecule has 168 valence electrons. The number of amides is 2. The molecular formula is C25H23N3O4S. The molecule has 1 aromatic heterocycles. The molecule has 0 unspecified atom stereocenters. The summed E-state index contributed by atoms with van der Waals surface area (Å²) in [5, 5.41) is 10.5. The molecule has 0 spiro atoms. The van der Waals surface area contributed by atoms with Crippen molar-refractivity contribution in [2.75, 3.05) is 0 Å². The van der Waals surface area contributed by atoms with Gasteiger partial charge in [0, 0.05) is 29.2 Å². The molecule has 2 amide bonds. The van der Waals surface area contributed by atoms with E-state index in [1.165, 1.54) is 28.2 Å². The number of hydrogen-bond donors (Lipinski definition) is 0. The highest BCUT2D eigenvalue weighted by Gasteiger charge is 2.35. The number of carbonyl (C=O) groups excluding carboxylic acids is 2. The fraction of sp³-hybridized carbons (Fsp3) is 0.200. The molecule has 3 aromatic rings. The minimum Gasteiger partial charge on any atom is -0.318 e. The first kappa shape index (κ1) is 22.5. The van der Waals surface area contributed by atoms with Gasteiger partial charge in [0.05, 0.1) is 16.4 Å². The van der Waals surface area contributed by atoms with Crippen LogP contribution < -0.4 is 0 Å². The maximum absolute atomic E-state index is 13.0. The van der Waals surface area contributed by atoms with E-state index >= 15 is 0 Å². The SMILES string of the molecule is Cc1cccc(-n2c(C)cc(/C=C3\SC(=O)N(Cc4ccc([N+](=O)[O-])cc4)C3=O)c2C)c1C. The molecule has 8 heteroatoms. The van der Waals surface area contributed by atoms with E-state index in [0.29, 0.717) is 10.5 Å². The van der Waals surface area contributed by atoms with Crippen molar-refractivity contribution < 1.29 is 14.5 Å². The molecule has 2 heterocycles. The van der Waals surface area contributed by atoms with Crippen molar-refractivity contribution in [3.8, 4) is 5.69 Å². The Morgan fingerprint density at radius 2 is 1.73 bits per heavy atom. The van der Waals surface area contributed by atoms with Crippen LogP contribution in [-0.2, 0) is 11.3 Å². The Balaban J connectivity index is 1.61. The molecule has 0 atom stereocenters. The highest BCUT2D eigenvalue weighted by molar-refractivity contribution is 8.18. The maximum Gasteiger partial charge on any atom is 0.293 e. The molecule has 1 aliphatic rings. The molecule has 1 fully saturated rings.